The zero-order valence-corrected chi connectivity index (χ0v) is 14.1. The first-order valence-corrected chi connectivity index (χ1v) is 9.23. The molecule has 1 amide bonds. The Balaban J connectivity index is 1.42. The zero-order chi connectivity index (χ0) is 15.9. The Labute approximate surface area is 140 Å². The third-order valence-corrected chi connectivity index (χ3v) is 6.46. The van der Waals surface area contributed by atoms with Gasteiger partial charge in [-0.05, 0) is 31.1 Å². The van der Waals surface area contributed by atoms with Crippen molar-refractivity contribution >= 4 is 22.4 Å². The van der Waals surface area contributed by atoms with Crippen LogP contribution < -0.4 is 4.90 Å². The molecular weight excluding hydrogens is 314 g/mol. The minimum atomic E-state index is -0.273. The number of rotatable bonds is 2. The molecule has 3 saturated heterocycles. The summed E-state index contributed by atoms with van der Waals surface area (Å²) in [4.78, 5) is 21.9. The Bertz CT molecular complexity index is 585. The zero-order valence-electron chi connectivity index (χ0n) is 13.2. The number of aromatic nitrogens is 1. The fraction of sp³-hybridized carbons (Fsp3) is 0.750. The Hall–Kier alpha value is -1.18. The number of β-amino-alcohol motifs (C(OH)–C–C–N with tert-alkyl or cyclic N) is 1. The van der Waals surface area contributed by atoms with Gasteiger partial charge in [0, 0.05) is 39.4 Å². The Kier molecular flexibility index (Phi) is 4.03. The lowest BCUT2D eigenvalue weighted by Gasteiger charge is -2.33. The standard InChI is InChI=1S/C16H23N3O3S/c20-12-1-5-18(10-12)15-17-9-13(23-15)14(21)19-6-2-16(11-19)3-7-22-8-4-16/h9,12,20H,1-8,10-11H2/t12-/m1/s1. The van der Waals surface area contributed by atoms with Crippen molar-refractivity contribution in [1.29, 1.82) is 0 Å². The average molecular weight is 337 g/mol. The molecule has 6 nitrogen and oxygen atoms in total. The number of carbonyl (C=O) groups excluding carboxylic acids is 1. The second-order valence-corrected chi connectivity index (χ2v) is 7.99. The minimum absolute atomic E-state index is 0.108. The highest BCUT2D eigenvalue weighted by Crippen LogP contribution is 2.40. The summed E-state index contributed by atoms with van der Waals surface area (Å²) in [5.41, 5.74) is 0.278. The highest BCUT2D eigenvalue weighted by atomic mass is 32.1. The van der Waals surface area contributed by atoms with Crippen LogP contribution in [0.15, 0.2) is 6.20 Å². The van der Waals surface area contributed by atoms with E-state index in [0.717, 1.165) is 63.7 Å². The molecule has 4 rings (SSSR count). The molecule has 1 spiro atoms. The summed E-state index contributed by atoms with van der Waals surface area (Å²) >= 11 is 1.45. The molecule has 126 valence electrons. The van der Waals surface area contributed by atoms with E-state index in [0.29, 0.717) is 11.4 Å². The van der Waals surface area contributed by atoms with Gasteiger partial charge in [-0.1, -0.05) is 11.3 Å². The van der Waals surface area contributed by atoms with Gasteiger partial charge < -0.3 is 19.6 Å². The number of carbonyl (C=O) groups is 1. The normalized spacial score (nSPS) is 27.1. The predicted octanol–water partition coefficient (Wildman–Crippen LogP) is 1.36. The van der Waals surface area contributed by atoms with E-state index in [1.807, 2.05) is 4.90 Å². The number of likely N-dealkylation sites (tertiary alicyclic amines) is 1. The van der Waals surface area contributed by atoms with Crippen LogP contribution >= 0.6 is 11.3 Å². The predicted molar refractivity (Wildman–Crippen MR) is 88.0 cm³/mol. The van der Waals surface area contributed by atoms with Crippen molar-refractivity contribution in [3.63, 3.8) is 0 Å². The number of ether oxygens (including phenoxy) is 1. The number of nitrogens with zero attached hydrogens (tertiary/aromatic N) is 3. The largest absolute Gasteiger partial charge is 0.391 e. The molecule has 1 N–H and O–H groups in total. The molecule has 3 aliphatic heterocycles. The molecule has 1 aromatic rings. The third-order valence-electron chi connectivity index (χ3n) is 5.42. The van der Waals surface area contributed by atoms with Crippen LogP contribution in [0.25, 0.3) is 0 Å². The van der Waals surface area contributed by atoms with Crippen LogP contribution in [0.3, 0.4) is 0 Å². The van der Waals surface area contributed by atoms with Gasteiger partial charge in [0.15, 0.2) is 5.13 Å². The Morgan fingerprint density at radius 1 is 1.35 bits per heavy atom. The molecular formula is C16H23N3O3S. The summed E-state index contributed by atoms with van der Waals surface area (Å²) in [6.07, 6.45) is 5.42. The van der Waals surface area contributed by atoms with E-state index in [4.69, 9.17) is 4.74 Å². The van der Waals surface area contributed by atoms with Crippen LogP contribution in [0.5, 0.6) is 0 Å². The van der Waals surface area contributed by atoms with E-state index in [9.17, 15) is 9.90 Å². The van der Waals surface area contributed by atoms with E-state index in [-0.39, 0.29) is 17.4 Å². The lowest BCUT2D eigenvalue weighted by atomic mass is 9.80. The van der Waals surface area contributed by atoms with Crippen molar-refractivity contribution in [3.8, 4) is 0 Å². The summed E-state index contributed by atoms with van der Waals surface area (Å²) in [7, 11) is 0. The molecule has 0 aromatic carbocycles. The van der Waals surface area contributed by atoms with Gasteiger partial charge in [0.1, 0.15) is 4.88 Å². The molecule has 4 heterocycles. The van der Waals surface area contributed by atoms with Gasteiger partial charge in [0.25, 0.3) is 5.91 Å². The summed E-state index contributed by atoms with van der Waals surface area (Å²) in [5, 5.41) is 10.5. The number of hydrogen-bond acceptors (Lipinski definition) is 6. The van der Waals surface area contributed by atoms with Gasteiger partial charge in [-0.25, -0.2) is 4.98 Å². The minimum Gasteiger partial charge on any atom is -0.391 e. The van der Waals surface area contributed by atoms with E-state index >= 15 is 0 Å². The summed E-state index contributed by atoms with van der Waals surface area (Å²) < 4.78 is 5.47. The molecule has 7 heteroatoms. The van der Waals surface area contributed by atoms with Crippen LogP contribution in [0.4, 0.5) is 5.13 Å². The van der Waals surface area contributed by atoms with Crippen LogP contribution in [0.1, 0.15) is 35.4 Å². The number of aliphatic hydroxyl groups is 1. The van der Waals surface area contributed by atoms with Crippen LogP contribution in [0.2, 0.25) is 0 Å². The molecule has 3 aliphatic rings. The van der Waals surface area contributed by atoms with E-state index in [2.05, 4.69) is 9.88 Å². The first-order chi connectivity index (χ1) is 11.2. The van der Waals surface area contributed by atoms with Crippen molar-refractivity contribution in [3.05, 3.63) is 11.1 Å². The maximum atomic E-state index is 12.8. The highest BCUT2D eigenvalue weighted by molar-refractivity contribution is 7.17. The topological polar surface area (TPSA) is 65.9 Å². The van der Waals surface area contributed by atoms with Gasteiger partial charge in [-0.15, -0.1) is 0 Å². The molecule has 0 saturated carbocycles. The van der Waals surface area contributed by atoms with Gasteiger partial charge in [-0.3, -0.25) is 4.79 Å². The first-order valence-electron chi connectivity index (χ1n) is 8.41. The molecule has 23 heavy (non-hydrogen) atoms. The molecule has 0 radical (unpaired) electrons. The van der Waals surface area contributed by atoms with Gasteiger partial charge in [0.05, 0.1) is 12.3 Å². The maximum Gasteiger partial charge on any atom is 0.265 e. The smallest absolute Gasteiger partial charge is 0.265 e. The van der Waals surface area contributed by atoms with Crippen LogP contribution in [-0.4, -0.2) is 66.4 Å². The average Bonchev–Trinajstić information content (AvgIpc) is 3.27. The SMILES string of the molecule is O=C(c1cnc(N2CC[C@@H](O)C2)s1)N1CCC2(CCOCC2)C1. The van der Waals surface area contributed by atoms with Crippen molar-refractivity contribution < 1.29 is 14.6 Å². The maximum absolute atomic E-state index is 12.8. The fourth-order valence-electron chi connectivity index (χ4n) is 3.90. The molecule has 0 unspecified atom stereocenters. The summed E-state index contributed by atoms with van der Waals surface area (Å²) in [6, 6.07) is 0. The van der Waals surface area contributed by atoms with E-state index in [1.54, 1.807) is 6.20 Å². The molecule has 1 aromatic heterocycles. The second kappa shape index (κ2) is 6.03. The number of aliphatic hydroxyl groups excluding tert-OH is 1. The van der Waals surface area contributed by atoms with Crippen molar-refractivity contribution in [2.75, 3.05) is 44.3 Å². The summed E-state index contributed by atoms with van der Waals surface area (Å²) in [6.45, 7) is 4.77. The van der Waals surface area contributed by atoms with Gasteiger partial charge in [0.2, 0.25) is 0 Å². The van der Waals surface area contributed by atoms with Gasteiger partial charge >= 0.3 is 0 Å². The second-order valence-electron chi connectivity index (χ2n) is 6.98. The summed E-state index contributed by atoms with van der Waals surface area (Å²) in [5.74, 6) is 0.108. The first kappa shape index (κ1) is 15.4. The van der Waals surface area contributed by atoms with E-state index < -0.39 is 0 Å². The molecule has 0 bridgehead atoms. The van der Waals surface area contributed by atoms with Crippen molar-refractivity contribution in [2.24, 2.45) is 5.41 Å². The number of amides is 1. The number of anilines is 1. The molecule has 0 aliphatic carbocycles. The molecule has 3 fully saturated rings. The van der Waals surface area contributed by atoms with Crippen molar-refractivity contribution in [1.82, 2.24) is 9.88 Å². The number of hydrogen-bond donors (Lipinski definition) is 1. The quantitative estimate of drug-likeness (QED) is 0.883. The number of thiazole rings is 1. The van der Waals surface area contributed by atoms with Crippen molar-refractivity contribution in [2.45, 2.75) is 31.8 Å². The molecule has 1 atom stereocenters. The Morgan fingerprint density at radius 2 is 2.17 bits per heavy atom. The monoisotopic (exact) mass is 337 g/mol. The fourth-order valence-corrected chi connectivity index (χ4v) is 4.82. The lowest BCUT2D eigenvalue weighted by molar-refractivity contribution is 0.0191. The van der Waals surface area contributed by atoms with Gasteiger partial charge in [-0.2, -0.15) is 0 Å². The Morgan fingerprint density at radius 3 is 2.91 bits per heavy atom. The van der Waals surface area contributed by atoms with E-state index in [1.165, 1.54) is 11.3 Å². The van der Waals surface area contributed by atoms with Crippen LogP contribution in [-0.2, 0) is 4.74 Å². The highest BCUT2D eigenvalue weighted by Gasteiger charge is 2.41. The third kappa shape index (κ3) is 2.97. The van der Waals surface area contributed by atoms with Crippen LogP contribution in [0, 0.1) is 5.41 Å². The lowest BCUT2D eigenvalue weighted by Crippen LogP contribution is -2.35.